The number of hydrogen-bond donors (Lipinski definition) is 1. The first-order valence-electron chi connectivity index (χ1n) is 7.70. The molecule has 22 heavy (non-hydrogen) atoms. The van der Waals surface area contributed by atoms with Gasteiger partial charge in [-0.15, -0.1) is 0 Å². The second kappa shape index (κ2) is 6.13. The van der Waals surface area contributed by atoms with Crippen LogP contribution in [0, 0.1) is 0 Å². The van der Waals surface area contributed by atoms with Gasteiger partial charge < -0.3 is 0 Å². The van der Waals surface area contributed by atoms with Crippen molar-refractivity contribution in [2.45, 2.75) is 39.7 Å². The monoisotopic (exact) mass is 295 g/mol. The first-order chi connectivity index (χ1) is 10.7. The Bertz CT molecular complexity index is 740. The predicted octanol–water partition coefficient (Wildman–Crippen LogP) is 3.40. The van der Waals surface area contributed by atoms with Crippen molar-refractivity contribution in [1.29, 1.82) is 0 Å². The molecule has 0 amide bonds. The molecule has 0 saturated carbocycles. The summed E-state index contributed by atoms with van der Waals surface area (Å²) in [7, 11) is 0. The topological polar surface area (TPSA) is 59.4 Å². The highest BCUT2D eigenvalue weighted by atomic mass is 15.3. The molecule has 0 atom stereocenters. The highest BCUT2D eigenvalue weighted by Crippen LogP contribution is 2.21. The van der Waals surface area contributed by atoms with Crippen LogP contribution in [0.4, 0.5) is 0 Å². The van der Waals surface area contributed by atoms with Crippen molar-refractivity contribution in [1.82, 2.24) is 25.0 Å². The average molecular weight is 295 g/mol. The van der Waals surface area contributed by atoms with E-state index in [-0.39, 0.29) is 0 Å². The smallest absolute Gasteiger partial charge is 0.199 e. The molecular formula is C17H21N5. The van der Waals surface area contributed by atoms with Crippen molar-refractivity contribution in [3.8, 4) is 11.5 Å². The molecule has 5 heteroatoms. The lowest BCUT2D eigenvalue weighted by atomic mass is 10.1. The minimum Gasteiger partial charge on any atom is -0.262 e. The summed E-state index contributed by atoms with van der Waals surface area (Å²) in [5.41, 5.74) is 3.27. The summed E-state index contributed by atoms with van der Waals surface area (Å²) in [6.07, 6.45) is 0.755. The van der Waals surface area contributed by atoms with Crippen molar-refractivity contribution < 1.29 is 0 Å². The standard InChI is InChI=1S/C17H21N5/c1-4-22-15(11-14(21-22)12(2)3)17-18-16(19-20-17)10-13-8-6-5-7-9-13/h5-9,11-12H,4,10H2,1-3H3,(H,18,19,20). The van der Waals surface area contributed by atoms with Gasteiger partial charge in [-0.2, -0.15) is 10.2 Å². The normalized spacial score (nSPS) is 11.3. The molecule has 1 N–H and O–H groups in total. The number of benzene rings is 1. The fraction of sp³-hybridized carbons (Fsp3) is 0.353. The van der Waals surface area contributed by atoms with Crippen LogP contribution in [0.2, 0.25) is 0 Å². The van der Waals surface area contributed by atoms with E-state index in [0.717, 1.165) is 30.2 Å². The summed E-state index contributed by atoms with van der Waals surface area (Å²) in [5.74, 6) is 1.98. The zero-order chi connectivity index (χ0) is 15.5. The zero-order valence-corrected chi connectivity index (χ0v) is 13.2. The van der Waals surface area contributed by atoms with Crippen molar-refractivity contribution >= 4 is 0 Å². The average Bonchev–Trinajstić information content (AvgIpc) is 3.14. The molecule has 3 rings (SSSR count). The van der Waals surface area contributed by atoms with Crippen LogP contribution in [-0.4, -0.2) is 25.0 Å². The molecule has 0 aliphatic rings. The molecule has 0 bridgehead atoms. The van der Waals surface area contributed by atoms with Gasteiger partial charge in [0.2, 0.25) is 0 Å². The summed E-state index contributed by atoms with van der Waals surface area (Å²) in [5, 5.41) is 12.0. The number of aromatic nitrogens is 5. The van der Waals surface area contributed by atoms with E-state index in [1.54, 1.807) is 0 Å². The second-order valence-corrected chi connectivity index (χ2v) is 5.69. The largest absolute Gasteiger partial charge is 0.262 e. The van der Waals surface area contributed by atoms with Crippen LogP contribution < -0.4 is 0 Å². The van der Waals surface area contributed by atoms with Gasteiger partial charge in [-0.25, -0.2) is 4.98 Å². The van der Waals surface area contributed by atoms with Gasteiger partial charge in [-0.3, -0.25) is 9.78 Å². The van der Waals surface area contributed by atoms with Crippen molar-refractivity contribution in [3.63, 3.8) is 0 Å². The van der Waals surface area contributed by atoms with Gasteiger partial charge >= 0.3 is 0 Å². The maximum absolute atomic E-state index is 4.63. The molecule has 0 radical (unpaired) electrons. The molecular weight excluding hydrogens is 274 g/mol. The quantitative estimate of drug-likeness (QED) is 0.784. The van der Waals surface area contributed by atoms with Crippen molar-refractivity contribution in [2.24, 2.45) is 0 Å². The zero-order valence-electron chi connectivity index (χ0n) is 13.2. The molecule has 2 heterocycles. The molecule has 114 valence electrons. The number of hydrogen-bond acceptors (Lipinski definition) is 3. The Balaban J connectivity index is 1.87. The van der Waals surface area contributed by atoms with E-state index in [9.17, 15) is 0 Å². The van der Waals surface area contributed by atoms with E-state index in [1.807, 2.05) is 22.9 Å². The lowest BCUT2D eigenvalue weighted by Crippen LogP contribution is -2.01. The summed E-state index contributed by atoms with van der Waals surface area (Å²) in [6, 6.07) is 12.4. The molecule has 5 nitrogen and oxygen atoms in total. The number of rotatable bonds is 5. The molecule has 0 fully saturated rings. The van der Waals surface area contributed by atoms with Crippen LogP contribution in [-0.2, 0) is 13.0 Å². The Labute approximate surface area is 130 Å². The lowest BCUT2D eigenvalue weighted by Gasteiger charge is -2.00. The van der Waals surface area contributed by atoms with E-state index in [4.69, 9.17) is 0 Å². The second-order valence-electron chi connectivity index (χ2n) is 5.69. The molecule has 3 aromatic rings. The van der Waals surface area contributed by atoms with E-state index >= 15 is 0 Å². The highest BCUT2D eigenvalue weighted by Gasteiger charge is 2.15. The Morgan fingerprint density at radius 1 is 1.18 bits per heavy atom. The van der Waals surface area contributed by atoms with Crippen LogP contribution in [0.15, 0.2) is 36.4 Å². The lowest BCUT2D eigenvalue weighted by molar-refractivity contribution is 0.639. The maximum Gasteiger partial charge on any atom is 0.199 e. The van der Waals surface area contributed by atoms with E-state index in [2.05, 4.69) is 59.3 Å². The Kier molecular flexibility index (Phi) is 4.04. The van der Waals surface area contributed by atoms with Crippen LogP contribution in [0.5, 0.6) is 0 Å². The number of nitrogens with zero attached hydrogens (tertiary/aromatic N) is 4. The minimum atomic E-state index is 0.397. The third kappa shape index (κ3) is 2.93. The summed E-state index contributed by atoms with van der Waals surface area (Å²) >= 11 is 0. The van der Waals surface area contributed by atoms with Gasteiger partial charge in [0.15, 0.2) is 5.82 Å². The van der Waals surface area contributed by atoms with Crippen LogP contribution in [0.25, 0.3) is 11.5 Å². The molecule has 2 aromatic heterocycles. The third-order valence-electron chi connectivity index (χ3n) is 3.67. The van der Waals surface area contributed by atoms with Gasteiger partial charge in [0, 0.05) is 13.0 Å². The van der Waals surface area contributed by atoms with E-state index in [0.29, 0.717) is 11.7 Å². The Morgan fingerprint density at radius 3 is 2.64 bits per heavy atom. The SMILES string of the molecule is CCn1nc(C(C)C)cc1-c1n[nH]c(Cc2ccccc2)n1. The van der Waals surface area contributed by atoms with Crippen LogP contribution >= 0.6 is 0 Å². The fourth-order valence-electron chi connectivity index (χ4n) is 2.42. The number of nitrogens with one attached hydrogen (secondary N) is 1. The first kappa shape index (κ1) is 14.5. The summed E-state index contributed by atoms with van der Waals surface area (Å²) in [6.45, 7) is 7.18. The fourth-order valence-corrected chi connectivity index (χ4v) is 2.42. The molecule has 0 aliphatic heterocycles. The highest BCUT2D eigenvalue weighted by molar-refractivity contribution is 5.50. The van der Waals surface area contributed by atoms with Gasteiger partial charge in [0.1, 0.15) is 11.5 Å². The van der Waals surface area contributed by atoms with Gasteiger partial charge in [0.05, 0.1) is 5.69 Å². The van der Waals surface area contributed by atoms with Crippen molar-refractivity contribution in [3.05, 3.63) is 53.5 Å². The van der Waals surface area contributed by atoms with Crippen molar-refractivity contribution in [2.75, 3.05) is 0 Å². The maximum atomic E-state index is 4.63. The van der Waals surface area contributed by atoms with E-state index in [1.165, 1.54) is 5.56 Å². The number of H-pyrrole nitrogens is 1. The first-order valence-corrected chi connectivity index (χ1v) is 7.70. The Hall–Kier alpha value is -2.43. The summed E-state index contributed by atoms with van der Waals surface area (Å²) in [4.78, 5) is 4.63. The predicted molar refractivity (Wildman–Crippen MR) is 86.6 cm³/mol. The number of aromatic amines is 1. The molecule has 1 aromatic carbocycles. The van der Waals surface area contributed by atoms with Crippen LogP contribution in [0.1, 0.15) is 43.8 Å². The van der Waals surface area contributed by atoms with Gasteiger partial charge in [-0.1, -0.05) is 44.2 Å². The molecule has 0 spiro atoms. The molecule has 0 saturated heterocycles. The molecule has 0 aliphatic carbocycles. The Morgan fingerprint density at radius 2 is 1.95 bits per heavy atom. The summed E-state index contributed by atoms with van der Waals surface area (Å²) < 4.78 is 1.96. The number of aryl methyl sites for hydroxylation is 1. The van der Waals surface area contributed by atoms with E-state index < -0.39 is 0 Å². The molecule has 0 unspecified atom stereocenters. The van der Waals surface area contributed by atoms with Gasteiger partial charge in [0.25, 0.3) is 0 Å². The minimum absolute atomic E-state index is 0.397. The van der Waals surface area contributed by atoms with Gasteiger partial charge in [-0.05, 0) is 24.5 Å². The van der Waals surface area contributed by atoms with Crippen LogP contribution in [0.3, 0.4) is 0 Å². The third-order valence-corrected chi connectivity index (χ3v) is 3.67.